The van der Waals surface area contributed by atoms with Gasteiger partial charge in [0.25, 0.3) is 0 Å². The summed E-state index contributed by atoms with van der Waals surface area (Å²) in [6.07, 6.45) is 2.95. The van der Waals surface area contributed by atoms with E-state index in [1.54, 1.807) is 20.0 Å². The van der Waals surface area contributed by atoms with Gasteiger partial charge < -0.3 is 36.3 Å². The molecule has 4 bridgehead atoms. The highest BCUT2D eigenvalue weighted by Gasteiger charge is 2.40. The van der Waals surface area contributed by atoms with Gasteiger partial charge in [-0.15, -0.1) is 0 Å². The van der Waals surface area contributed by atoms with Gasteiger partial charge in [-0.3, -0.25) is 24.0 Å². The SMILES string of the molecule is CCC(C)[C@@H]1NC(=O)[C@H](NC(=O)[C@@H]2CCC(=O)N2)[C@@H](C(C)C)c2ccc3c(c[nH]c3c2)C[C@@H](C(=O)OC)NC(=O)[C@H](C(C)C)NC1=O. The van der Waals surface area contributed by atoms with Crippen molar-refractivity contribution >= 4 is 46.4 Å². The first kappa shape index (κ1) is 35.4. The molecule has 3 aliphatic heterocycles. The third-order valence-electron chi connectivity index (χ3n) is 9.41. The van der Waals surface area contributed by atoms with Crippen molar-refractivity contribution in [3.63, 3.8) is 0 Å². The molecular weight excluding hydrogens is 604 g/mol. The monoisotopic (exact) mass is 652 g/mol. The second-order valence-electron chi connectivity index (χ2n) is 13.4. The van der Waals surface area contributed by atoms with Crippen molar-refractivity contribution in [1.82, 2.24) is 31.6 Å². The molecule has 1 unspecified atom stereocenters. The molecule has 1 aromatic heterocycles. The molecule has 13 nitrogen and oxygen atoms in total. The van der Waals surface area contributed by atoms with E-state index in [4.69, 9.17) is 4.74 Å². The quantitative estimate of drug-likeness (QED) is 0.193. The van der Waals surface area contributed by atoms with Crippen LogP contribution in [0.25, 0.3) is 10.9 Å². The minimum absolute atomic E-state index is 0.130. The van der Waals surface area contributed by atoms with E-state index in [9.17, 15) is 28.8 Å². The number of amides is 5. The predicted octanol–water partition coefficient (Wildman–Crippen LogP) is 1.56. The molecule has 1 saturated heterocycles. The van der Waals surface area contributed by atoms with Crippen LogP contribution >= 0.6 is 0 Å². The largest absolute Gasteiger partial charge is 0.467 e. The van der Waals surface area contributed by atoms with Crippen LogP contribution in [-0.2, 0) is 39.9 Å². The molecule has 0 saturated carbocycles. The fourth-order valence-corrected chi connectivity index (χ4v) is 6.47. The maximum atomic E-state index is 14.3. The fraction of sp³-hybridized carbons (Fsp3) is 0.588. The van der Waals surface area contributed by atoms with Gasteiger partial charge in [0.1, 0.15) is 30.2 Å². The zero-order valence-electron chi connectivity index (χ0n) is 28.2. The molecule has 0 radical (unpaired) electrons. The summed E-state index contributed by atoms with van der Waals surface area (Å²) in [4.78, 5) is 83.3. The molecule has 6 N–H and O–H groups in total. The van der Waals surface area contributed by atoms with Gasteiger partial charge >= 0.3 is 5.97 Å². The third-order valence-corrected chi connectivity index (χ3v) is 9.41. The van der Waals surface area contributed by atoms with Crippen LogP contribution in [0.15, 0.2) is 24.4 Å². The van der Waals surface area contributed by atoms with Gasteiger partial charge in [-0.05, 0) is 41.4 Å². The second-order valence-corrected chi connectivity index (χ2v) is 13.4. The highest BCUT2D eigenvalue weighted by atomic mass is 16.5. The third kappa shape index (κ3) is 7.94. The summed E-state index contributed by atoms with van der Waals surface area (Å²) in [5.41, 5.74) is 2.27. The van der Waals surface area contributed by atoms with Crippen molar-refractivity contribution in [2.75, 3.05) is 7.11 Å². The number of carbonyl (C=O) groups is 6. The highest BCUT2D eigenvalue weighted by molar-refractivity contribution is 5.97. The van der Waals surface area contributed by atoms with E-state index in [0.29, 0.717) is 12.8 Å². The summed E-state index contributed by atoms with van der Waals surface area (Å²) < 4.78 is 5.02. The van der Waals surface area contributed by atoms with Crippen LogP contribution in [0.5, 0.6) is 0 Å². The van der Waals surface area contributed by atoms with E-state index in [2.05, 4.69) is 31.6 Å². The van der Waals surface area contributed by atoms with Gasteiger partial charge in [-0.2, -0.15) is 0 Å². The number of methoxy groups -OCH3 is 1. The van der Waals surface area contributed by atoms with Gasteiger partial charge in [-0.25, -0.2) is 4.79 Å². The maximum Gasteiger partial charge on any atom is 0.328 e. The number of H-pyrrole nitrogens is 1. The molecule has 1 fully saturated rings. The number of hydrogen-bond donors (Lipinski definition) is 6. The summed E-state index contributed by atoms with van der Waals surface area (Å²) in [5, 5.41) is 14.9. The van der Waals surface area contributed by atoms with E-state index >= 15 is 0 Å². The van der Waals surface area contributed by atoms with Crippen LogP contribution in [0.3, 0.4) is 0 Å². The molecule has 7 atom stereocenters. The molecule has 0 aliphatic carbocycles. The topological polar surface area (TPSA) is 188 Å². The Bertz CT molecular complexity index is 1520. The summed E-state index contributed by atoms with van der Waals surface area (Å²) >= 11 is 0. The summed E-state index contributed by atoms with van der Waals surface area (Å²) in [6, 6.07) is 0.708. The van der Waals surface area contributed by atoms with Crippen molar-refractivity contribution in [1.29, 1.82) is 0 Å². The average Bonchev–Trinajstić information content (AvgIpc) is 3.65. The molecule has 256 valence electrons. The van der Waals surface area contributed by atoms with Crippen molar-refractivity contribution in [2.45, 2.75) is 103 Å². The Morgan fingerprint density at radius 2 is 1.57 bits per heavy atom. The zero-order chi connectivity index (χ0) is 34.6. The van der Waals surface area contributed by atoms with Crippen LogP contribution < -0.4 is 26.6 Å². The van der Waals surface area contributed by atoms with E-state index in [0.717, 1.165) is 22.0 Å². The Balaban J connectivity index is 1.86. The van der Waals surface area contributed by atoms with Gasteiger partial charge in [-0.1, -0.05) is 60.1 Å². The smallest absolute Gasteiger partial charge is 0.328 e. The van der Waals surface area contributed by atoms with Crippen molar-refractivity contribution < 1.29 is 33.5 Å². The molecule has 3 aliphatic rings. The Hall–Kier alpha value is -4.42. The number of carbonyl (C=O) groups excluding carboxylic acids is 6. The van der Waals surface area contributed by atoms with Gasteiger partial charge in [0.2, 0.25) is 29.5 Å². The summed E-state index contributed by atoms with van der Waals surface area (Å²) in [6.45, 7) is 11.2. The fourth-order valence-electron chi connectivity index (χ4n) is 6.47. The van der Waals surface area contributed by atoms with Gasteiger partial charge in [0.15, 0.2) is 0 Å². The first-order valence-electron chi connectivity index (χ1n) is 16.4. The van der Waals surface area contributed by atoms with Crippen molar-refractivity contribution in [2.24, 2.45) is 17.8 Å². The van der Waals surface area contributed by atoms with Crippen LogP contribution in [0.4, 0.5) is 0 Å². The number of esters is 1. The first-order valence-corrected chi connectivity index (χ1v) is 16.4. The average molecular weight is 653 g/mol. The summed E-state index contributed by atoms with van der Waals surface area (Å²) in [5.74, 6) is -4.40. The van der Waals surface area contributed by atoms with E-state index in [-0.39, 0.29) is 36.5 Å². The van der Waals surface area contributed by atoms with Gasteiger partial charge in [0, 0.05) is 35.9 Å². The molecule has 47 heavy (non-hydrogen) atoms. The minimum atomic E-state index is -1.10. The number of benzene rings is 1. The van der Waals surface area contributed by atoms with E-state index < -0.39 is 65.7 Å². The number of nitrogens with one attached hydrogen (secondary N) is 6. The second kappa shape index (κ2) is 15.0. The molecule has 0 spiro atoms. The van der Waals surface area contributed by atoms with Gasteiger partial charge in [0.05, 0.1) is 7.11 Å². The van der Waals surface area contributed by atoms with Crippen molar-refractivity contribution in [3.8, 4) is 0 Å². The van der Waals surface area contributed by atoms with Crippen molar-refractivity contribution in [3.05, 3.63) is 35.5 Å². The number of rotatable bonds is 7. The van der Waals surface area contributed by atoms with E-state index in [1.807, 2.05) is 45.9 Å². The maximum absolute atomic E-state index is 14.3. The number of fused-ring (bicyclic) bond motifs is 12. The molecule has 1 aromatic carbocycles. The number of hydrogen-bond acceptors (Lipinski definition) is 7. The normalized spacial score (nSPS) is 26.5. The number of aromatic nitrogens is 1. The Kier molecular flexibility index (Phi) is 11.3. The lowest BCUT2D eigenvalue weighted by atomic mass is 9.81. The van der Waals surface area contributed by atoms with Crippen LogP contribution in [0.2, 0.25) is 0 Å². The number of aromatic amines is 1. The molecule has 4 heterocycles. The lowest BCUT2D eigenvalue weighted by molar-refractivity contribution is -0.145. The number of ether oxygens (including phenoxy) is 1. The van der Waals surface area contributed by atoms with Crippen LogP contribution in [-0.4, -0.2) is 77.8 Å². The predicted molar refractivity (Wildman–Crippen MR) is 175 cm³/mol. The Morgan fingerprint density at radius 1 is 0.894 bits per heavy atom. The summed E-state index contributed by atoms with van der Waals surface area (Å²) in [7, 11) is 1.25. The lowest BCUT2D eigenvalue weighted by Crippen LogP contribution is -2.61. The first-order chi connectivity index (χ1) is 22.2. The zero-order valence-corrected chi connectivity index (χ0v) is 28.2. The Labute approximate surface area is 275 Å². The van der Waals surface area contributed by atoms with Crippen LogP contribution in [0.1, 0.15) is 77.8 Å². The molecule has 2 aromatic rings. The highest BCUT2D eigenvalue weighted by Crippen LogP contribution is 2.32. The standard InChI is InChI=1S/C34H48N6O7/c1-8-18(6)28-32(44)38-27(17(4)5)31(43)37-24(34(46)47-7)14-20-15-35-23-13-19(9-10-21(20)23)26(16(2)3)29(33(45)39-28)40-30(42)22-11-12-25(41)36-22/h9-10,13,15-18,22,24,26-29,35H,8,11-12,14H2,1-7H3,(H,36,41)(H,37,43)(H,38,44)(H,39,45)(H,40,42)/t18?,22-,24-,26-,27-,28-,29+/m0/s1. The minimum Gasteiger partial charge on any atom is -0.467 e. The molecule has 5 rings (SSSR count). The molecule has 5 amide bonds. The van der Waals surface area contributed by atoms with Crippen LogP contribution in [0, 0.1) is 17.8 Å². The Morgan fingerprint density at radius 3 is 2.17 bits per heavy atom. The lowest BCUT2D eigenvalue weighted by Gasteiger charge is -2.34. The molecule has 13 heteroatoms. The molecular formula is C34H48N6O7. The van der Waals surface area contributed by atoms with E-state index in [1.165, 1.54) is 7.11 Å².